The molecule has 0 atom stereocenters. The van der Waals surface area contributed by atoms with Crippen molar-refractivity contribution < 1.29 is 9.57 Å². The summed E-state index contributed by atoms with van der Waals surface area (Å²) in [7, 11) is 1.56. The van der Waals surface area contributed by atoms with E-state index in [0.29, 0.717) is 18.2 Å². The number of hydrogen-bond acceptors (Lipinski definition) is 6. The molecule has 0 saturated heterocycles. The maximum Gasteiger partial charge on any atom is 0.368 e. The molecular weight excluding hydrogens is 370 g/mol. The minimum atomic E-state index is -0.321. The molecule has 0 aliphatic rings. The first-order valence-electron chi connectivity index (χ1n) is 9.47. The number of oxime groups is 1. The molecule has 0 radical (unpaired) electrons. The van der Waals surface area contributed by atoms with E-state index in [0.717, 1.165) is 24.0 Å². The van der Waals surface area contributed by atoms with Crippen LogP contribution >= 0.6 is 0 Å². The van der Waals surface area contributed by atoms with Crippen molar-refractivity contribution in [2.24, 2.45) is 12.2 Å². The van der Waals surface area contributed by atoms with Gasteiger partial charge in [-0.15, -0.1) is 0 Å². The third-order valence-electron chi connectivity index (χ3n) is 4.50. The first kappa shape index (κ1) is 20.3. The van der Waals surface area contributed by atoms with Crippen LogP contribution in [0.5, 0.6) is 0 Å². The third kappa shape index (κ3) is 5.31. The summed E-state index contributed by atoms with van der Waals surface area (Å²) in [5.41, 5.74) is 3.37. The molecule has 2 aromatic carbocycles. The van der Waals surface area contributed by atoms with E-state index >= 15 is 0 Å². The van der Waals surface area contributed by atoms with Gasteiger partial charge in [0.25, 0.3) is 0 Å². The molecule has 29 heavy (non-hydrogen) atoms. The summed E-state index contributed by atoms with van der Waals surface area (Å²) >= 11 is 0. The van der Waals surface area contributed by atoms with Gasteiger partial charge in [0.2, 0.25) is 5.90 Å². The van der Waals surface area contributed by atoms with Crippen LogP contribution in [0.15, 0.2) is 58.5 Å². The Balaban J connectivity index is 1.55. The van der Waals surface area contributed by atoms with Crippen LogP contribution in [-0.4, -0.2) is 32.3 Å². The van der Waals surface area contributed by atoms with Gasteiger partial charge in [0, 0.05) is 19.5 Å². The Kier molecular flexibility index (Phi) is 6.78. The van der Waals surface area contributed by atoms with Crippen molar-refractivity contribution in [3.63, 3.8) is 0 Å². The smallest absolute Gasteiger partial charge is 0.368 e. The molecule has 0 saturated carbocycles. The molecule has 1 aromatic heterocycles. The van der Waals surface area contributed by atoms with E-state index in [1.807, 2.05) is 37.3 Å². The molecule has 0 amide bonds. The maximum atomic E-state index is 12.2. The number of aromatic nitrogens is 4. The summed E-state index contributed by atoms with van der Waals surface area (Å²) in [6, 6.07) is 15.9. The van der Waals surface area contributed by atoms with Gasteiger partial charge in [-0.1, -0.05) is 47.6 Å². The summed E-state index contributed by atoms with van der Waals surface area (Å²) in [6.45, 7) is 4.46. The van der Waals surface area contributed by atoms with Gasteiger partial charge >= 0.3 is 5.69 Å². The molecule has 0 bridgehead atoms. The number of hydrogen-bond donors (Lipinski definition) is 0. The van der Waals surface area contributed by atoms with E-state index in [-0.39, 0.29) is 12.3 Å². The average Bonchev–Trinajstić information content (AvgIpc) is 3.06. The van der Waals surface area contributed by atoms with Crippen molar-refractivity contribution in [1.82, 2.24) is 19.8 Å². The lowest BCUT2D eigenvalue weighted by atomic mass is 10.1. The molecule has 0 spiro atoms. The fraction of sp³-hybridized carbons (Fsp3) is 0.333. The van der Waals surface area contributed by atoms with Crippen molar-refractivity contribution in [3.05, 3.63) is 75.7 Å². The molecule has 1 heterocycles. The second kappa shape index (κ2) is 9.68. The van der Waals surface area contributed by atoms with E-state index < -0.39 is 0 Å². The molecule has 0 fully saturated rings. The summed E-state index contributed by atoms with van der Waals surface area (Å²) in [5, 5.41) is 11.7. The number of benzene rings is 2. The van der Waals surface area contributed by atoms with Crippen molar-refractivity contribution in [2.45, 2.75) is 33.3 Å². The minimum absolute atomic E-state index is 0.190. The number of ether oxygens (including phenoxy) is 1. The highest BCUT2D eigenvalue weighted by molar-refractivity contribution is 5.72. The van der Waals surface area contributed by atoms with Crippen molar-refractivity contribution in [2.75, 3.05) is 6.61 Å². The summed E-state index contributed by atoms with van der Waals surface area (Å²) in [4.78, 5) is 17.7. The van der Waals surface area contributed by atoms with Gasteiger partial charge in [-0.05, 0) is 47.4 Å². The van der Waals surface area contributed by atoms with Crippen LogP contribution in [0.25, 0.3) is 5.69 Å². The maximum absolute atomic E-state index is 12.2. The van der Waals surface area contributed by atoms with Gasteiger partial charge in [0.15, 0.2) is 0 Å². The first-order valence-corrected chi connectivity index (χ1v) is 9.47. The normalized spacial score (nSPS) is 11.5. The summed E-state index contributed by atoms with van der Waals surface area (Å²) in [6.07, 6.45) is 1.85. The lowest BCUT2D eigenvalue weighted by molar-refractivity contribution is 0.118. The lowest BCUT2D eigenvalue weighted by Gasteiger charge is -2.11. The van der Waals surface area contributed by atoms with Crippen LogP contribution in [0.1, 0.15) is 30.0 Å². The van der Waals surface area contributed by atoms with Gasteiger partial charge in [0.1, 0.15) is 6.61 Å². The van der Waals surface area contributed by atoms with Gasteiger partial charge in [-0.2, -0.15) is 9.36 Å². The van der Waals surface area contributed by atoms with E-state index in [1.165, 1.54) is 14.9 Å². The fourth-order valence-electron chi connectivity index (χ4n) is 2.89. The molecule has 8 heteroatoms. The van der Waals surface area contributed by atoms with Crippen LogP contribution in [0.3, 0.4) is 0 Å². The standard InChI is InChI=1S/C21H25N5O3/c1-16-9-7-13-20(26-21(27)25(3)23-24-26)19(16)15-29-22-17(2)28-14-8-12-18-10-5-4-6-11-18/h4-7,9-11,13H,8,12,14-15H2,1-3H3. The topological polar surface area (TPSA) is 83.5 Å². The van der Waals surface area contributed by atoms with Crippen molar-refractivity contribution >= 4 is 5.90 Å². The first-order chi connectivity index (χ1) is 14.1. The SMILES string of the molecule is CC(=NOCc1c(C)cccc1-n1nnn(C)c1=O)OCCCc1ccccc1. The largest absolute Gasteiger partial charge is 0.479 e. The number of tetrazole rings is 1. The summed E-state index contributed by atoms with van der Waals surface area (Å²) in [5.74, 6) is 0.463. The molecule has 0 unspecified atom stereocenters. The monoisotopic (exact) mass is 395 g/mol. The molecule has 3 rings (SSSR count). The Morgan fingerprint density at radius 1 is 1.10 bits per heavy atom. The van der Waals surface area contributed by atoms with Gasteiger partial charge in [0.05, 0.1) is 12.3 Å². The van der Waals surface area contributed by atoms with Gasteiger partial charge in [-0.25, -0.2) is 4.79 Å². The van der Waals surface area contributed by atoms with Crippen LogP contribution in [0, 0.1) is 6.92 Å². The molecule has 0 aliphatic heterocycles. The Morgan fingerprint density at radius 3 is 2.62 bits per heavy atom. The second-order valence-corrected chi connectivity index (χ2v) is 6.69. The highest BCUT2D eigenvalue weighted by Gasteiger charge is 2.13. The molecule has 8 nitrogen and oxygen atoms in total. The Morgan fingerprint density at radius 2 is 1.90 bits per heavy atom. The highest BCUT2D eigenvalue weighted by Crippen LogP contribution is 2.18. The van der Waals surface area contributed by atoms with Crippen LogP contribution in [-0.2, 0) is 29.6 Å². The zero-order valence-electron chi connectivity index (χ0n) is 16.9. The van der Waals surface area contributed by atoms with Gasteiger partial charge < -0.3 is 9.57 Å². The zero-order chi connectivity index (χ0) is 20.6. The minimum Gasteiger partial charge on any atom is -0.479 e. The van der Waals surface area contributed by atoms with Crippen LogP contribution < -0.4 is 5.69 Å². The van der Waals surface area contributed by atoms with Crippen molar-refractivity contribution in [3.8, 4) is 5.69 Å². The van der Waals surface area contributed by atoms with Crippen molar-refractivity contribution in [1.29, 1.82) is 0 Å². The van der Waals surface area contributed by atoms with Crippen LogP contribution in [0.2, 0.25) is 0 Å². The Hall–Kier alpha value is -3.42. The highest BCUT2D eigenvalue weighted by atomic mass is 16.6. The number of rotatable bonds is 8. The molecule has 152 valence electrons. The second-order valence-electron chi connectivity index (χ2n) is 6.69. The number of aryl methyl sites for hydroxylation is 3. The molecule has 0 aliphatic carbocycles. The predicted octanol–water partition coefficient (Wildman–Crippen LogP) is 2.77. The van der Waals surface area contributed by atoms with E-state index in [2.05, 4.69) is 27.7 Å². The quantitative estimate of drug-likeness (QED) is 0.253. The van der Waals surface area contributed by atoms with E-state index in [1.54, 1.807) is 20.0 Å². The molecule has 0 N–H and O–H groups in total. The lowest BCUT2D eigenvalue weighted by Crippen LogP contribution is -2.23. The summed E-state index contributed by atoms with van der Waals surface area (Å²) < 4.78 is 8.04. The predicted molar refractivity (Wildman–Crippen MR) is 110 cm³/mol. The Bertz CT molecular complexity index is 1020. The number of nitrogens with zero attached hydrogens (tertiary/aromatic N) is 5. The zero-order valence-corrected chi connectivity index (χ0v) is 16.9. The molecular formula is C21H25N5O3. The average molecular weight is 395 g/mol. The fourth-order valence-corrected chi connectivity index (χ4v) is 2.89. The van der Waals surface area contributed by atoms with Gasteiger partial charge in [-0.3, -0.25) is 0 Å². The Labute approximate surface area is 169 Å². The third-order valence-corrected chi connectivity index (χ3v) is 4.50. The van der Waals surface area contributed by atoms with E-state index in [4.69, 9.17) is 9.57 Å². The van der Waals surface area contributed by atoms with E-state index in [9.17, 15) is 4.79 Å². The molecule has 3 aromatic rings. The van der Waals surface area contributed by atoms with Crippen LogP contribution in [0.4, 0.5) is 0 Å².